The molecule has 0 spiro atoms. The van der Waals surface area contributed by atoms with E-state index in [0.29, 0.717) is 0 Å². The maximum absolute atomic E-state index is 4.32. The molecule has 0 radical (unpaired) electrons. The van der Waals surface area contributed by atoms with Gasteiger partial charge in [0, 0.05) is 5.41 Å². The third-order valence-corrected chi connectivity index (χ3v) is 11.6. The first-order valence-electron chi connectivity index (χ1n) is 18.5. The van der Waals surface area contributed by atoms with E-state index < -0.39 is 0 Å². The van der Waals surface area contributed by atoms with Crippen LogP contribution in [0.4, 0.5) is 0 Å². The average molecular weight is 675 g/mol. The standard InChI is InChI=1S/C53H38/c1-4-43(40-25-24-35-29-36(22-23-37(35)30-40)38-27-28-48-47-18-11-12-20-50(47)53(2,3)51(48)33-38)44-15-7-6-14-39(44)31-42-32-41-26-21-34-13-5-8-17-46(34)52(41)49-19-10-9-16-45(42)49/h4-33H,1H2,2-3H3. The van der Waals surface area contributed by atoms with Crippen molar-refractivity contribution >= 4 is 54.7 Å². The molecule has 250 valence electrons. The van der Waals surface area contributed by atoms with Crippen LogP contribution in [0, 0.1) is 0 Å². The van der Waals surface area contributed by atoms with Gasteiger partial charge in [-0.2, -0.15) is 0 Å². The summed E-state index contributed by atoms with van der Waals surface area (Å²) in [6.07, 6.45) is 4.36. The fraction of sp³-hybridized carbons (Fsp3) is 0.0566. The fourth-order valence-corrected chi connectivity index (χ4v) is 8.92. The normalized spacial score (nSPS) is 14.1. The lowest BCUT2D eigenvalue weighted by Gasteiger charge is -2.22. The molecular formula is C53H38. The molecule has 9 aromatic rings. The molecule has 1 aliphatic rings. The molecule has 0 N–H and O–H groups in total. The molecule has 0 fully saturated rings. The number of hydrogen-bond donors (Lipinski definition) is 0. The van der Waals surface area contributed by atoms with Gasteiger partial charge < -0.3 is 0 Å². The molecule has 0 saturated carbocycles. The van der Waals surface area contributed by atoms with Gasteiger partial charge in [0.25, 0.3) is 0 Å². The summed E-state index contributed by atoms with van der Waals surface area (Å²) >= 11 is 0. The molecule has 0 atom stereocenters. The summed E-state index contributed by atoms with van der Waals surface area (Å²) in [7, 11) is 0. The van der Waals surface area contributed by atoms with Crippen molar-refractivity contribution in [2.45, 2.75) is 19.3 Å². The molecular weight excluding hydrogens is 637 g/mol. The van der Waals surface area contributed by atoms with E-state index in [4.69, 9.17) is 0 Å². The van der Waals surface area contributed by atoms with Gasteiger partial charge in [0.1, 0.15) is 0 Å². The van der Waals surface area contributed by atoms with Crippen molar-refractivity contribution in [1.82, 2.24) is 0 Å². The van der Waals surface area contributed by atoms with Crippen molar-refractivity contribution in [2.24, 2.45) is 0 Å². The van der Waals surface area contributed by atoms with Crippen molar-refractivity contribution in [1.29, 1.82) is 0 Å². The van der Waals surface area contributed by atoms with Crippen LogP contribution in [-0.4, -0.2) is 0 Å². The Kier molecular flexibility index (Phi) is 7.10. The molecule has 0 saturated heterocycles. The molecule has 0 bridgehead atoms. The number of benzene rings is 9. The maximum Gasteiger partial charge on any atom is 0.0159 e. The van der Waals surface area contributed by atoms with E-state index in [9.17, 15) is 0 Å². The van der Waals surface area contributed by atoms with Crippen LogP contribution in [-0.2, 0) is 5.41 Å². The molecule has 53 heavy (non-hydrogen) atoms. The highest BCUT2D eigenvalue weighted by Gasteiger charge is 2.35. The molecule has 0 amide bonds. The van der Waals surface area contributed by atoms with E-state index in [2.05, 4.69) is 196 Å². The maximum atomic E-state index is 4.32. The van der Waals surface area contributed by atoms with Crippen LogP contribution < -0.4 is 10.4 Å². The lowest BCUT2D eigenvalue weighted by atomic mass is 9.81. The summed E-state index contributed by atoms with van der Waals surface area (Å²) in [6.45, 7) is 9.01. The van der Waals surface area contributed by atoms with Gasteiger partial charge in [0.05, 0.1) is 0 Å². The summed E-state index contributed by atoms with van der Waals surface area (Å²) in [5.74, 6) is 0. The van der Waals surface area contributed by atoms with E-state index in [1.54, 1.807) is 0 Å². The molecule has 9 aromatic carbocycles. The first-order chi connectivity index (χ1) is 26.0. The molecule has 0 heterocycles. The summed E-state index contributed by atoms with van der Waals surface area (Å²) in [4.78, 5) is 0. The molecule has 0 aliphatic heterocycles. The fourth-order valence-electron chi connectivity index (χ4n) is 8.92. The highest BCUT2D eigenvalue weighted by Crippen LogP contribution is 2.49. The third-order valence-electron chi connectivity index (χ3n) is 11.6. The van der Waals surface area contributed by atoms with Gasteiger partial charge in [0.2, 0.25) is 0 Å². The van der Waals surface area contributed by atoms with Crippen LogP contribution in [0.25, 0.3) is 77.0 Å². The molecule has 10 rings (SSSR count). The number of hydrogen-bond acceptors (Lipinski definition) is 0. The smallest absolute Gasteiger partial charge is 0.0159 e. The Morgan fingerprint density at radius 1 is 0.491 bits per heavy atom. The number of allylic oxidation sites excluding steroid dienone is 1. The van der Waals surface area contributed by atoms with Crippen LogP contribution in [0.15, 0.2) is 183 Å². The van der Waals surface area contributed by atoms with Crippen molar-refractivity contribution in [2.75, 3.05) is 0 Å². The largest absolute Gasteiger partial charge is 0.0984 e. The summed E-state index contributed by atoms with van der Waals surface area (Å²) < 4.78 is 0. The first kappa shape index (κ1) is 31.3. The Bertz CT molecular complexity index is 3100. The Morgan fingerprint density at radius 2 is 1.13 bits per heavy atom. The van der Waals surface area contributed by atoms with E-state index in [1.165, 1.54) is 92.5 Å². The Balaban J connectivity index is 1.08. The van der Waals surface area contributed by atoms with Gasteiger partial charge in [-0.25, -0.2) is 0 Å². The van der Waals surface area contributed by atoms with Gasteiger partial charge in [-0.05, 0) is 134 Å². The van der Waals surface area contributed by atoms with Gasteiger partial charge >= 0.3 is 0 Å². The monoisotopic (exact) mass is 674 g/mol. The highest BCUT2D eigenvalue weighted by atomic mass is 14.4. The van der Waals surface area contributed by atoms with Crippen LogP contribution in [0.3, 0.4) is 0 Å². The third kappa shape index (κ3) is 4.98. The second-order valence-corrected chi connectivity index (χ2v) is 15.0. The topological polar surface area (TPSA) is 0 Å². The van der Waals surface area contributed by atoms with Gasteiger partial charge in [0.15, 0.2) is 0 Å². The molecule has 0 unspecified atom stereocenters. The molecule has 0 heteroatoms. The zero-order chi connectivity index (χ0) is 35.7. The minimum atomic E-state index is -0.0192. The number of fused-ring (bicyclic) bond motifs is 9. The minimum absolute atomic E-state index is 0.0192. The predicted molar refractivity (Wildman–Crippen MR) is 228 cm³/mol. The van der Waals surface area contributed by atoms with E-state index in [1.807, 2.05) is 6.08 Å². The van der Waals surface area contributed by atoms with Crippen LogP contribution in [0.2, 0.25) is 0 Å². The van der Waals surface area contributed by atoms with E-state index >= 15 is 0 Å². The van der Waals surface area contributed by atoms with Crippen molar-refractivity contribution in [3.63, 3.8) is 0 Å². The van der Waals surface area contributed by atoms with E-state index in [0.717, 1.165) is 11.1 Å². The Morgan fingerprint density at radius 3 is 2.02 bits per heavy atom. The van der Waals surface area contributed by atoms with Crippen LogP contribution in [0.5, 0.6) is 0 Å². The lowest BCUT2D eigenvalue weighted by Crippen LogP contribution is -2.26. The van der Waals surface area contributed by atoms with Crippen molar-refractivity contribution < 1.29 is 0 Å². The summed E-state index contributed by atoms with van der Waals surface area (Å²) in [5.41, 5.74) is 11.5. The zero-order valence-electron chi connectivity index (χ0n) is 30.0. The minimum Gasteiger partial charge on any atom is -0.0984 e. The second-order valence-electron chi connectivity index (χ2n) is 15.0. The summed E-state index contributed by atoms with van der Waals surface area (Å²) in [6, 6.07) is 62.6. The molecule has 1 aliphatic carbocycles. The van der Waals surface area contributed by atoms with Gasteiger partial charge in [-0.1, -0.05) is 172 Å². The van der Waals surface area contributed by atoms with E-state index in [-0.39, 0.29) is 5.41 Å². The second kappa shape index (κ2) is 12.0. The molecule has 0 nitrogen and oxygen atoms in total. The quantitative estimate of drug-likeness (QED) is 0.163. The average Bonchev–Trinajstić information content (AvgIpc) is 3.43. The predicted octanol–water partition coefficient (Wildman–Crippen LogP) is 12.5. The van der Waals surface area contributed by atoms with Crippen LogP contribution >= 0.6 is 0 Å². The zero-order valence-corrected chi connectivity index (χ0v) is 30.0. The number of rotatable bonds is 4. The first-order valence-corrected chi connectivity index (χ1v) is 18.5. The van der Waals surface area contributed by atoms with Gasteiger partial charge in [-0.15, -0.1) is 0 Å². The Labute approximate surface area is 310 Å². The summed E-state index contributed by atoms with van der Waals surface area (Å²) in [5, 5.41) is 12.4. The Hall–Kier alpha value is -6.50. The van der Waals surface area contributed by atoms with Crippen molar-refractivity contribution in [3.05, 3.63) is 215 Å². The van der Waals surface area contributed by atoms with Crippen LogP contribution in [0.1, 0.15) is 36.1 Å². The van der Waals surface area contributed by atoms with Gasteiger partial charge in [-0.3, -0.25) is 0 Å². The SMILES string of the molecule is C=CC(c1ccc2cc(-c3ccc4c(c3)C(C)(C)c3ccccc3-4)ccc2c1)=c1ccccc1=Cc1cc2ccc3ccccc3c2c2ccccc12. The molecule has 0 aromatic heterocycles. The lowest BCUT2D eigenvalue weighted by molar-refractivity contribution is 0.660. The highest BCUT2D eigenvalue weighted by molar-refractivity contribution is 6.21. The van der Waals surface area contributed by atoms with Crippen molar-refractivity contribution in [3.8, 4) is 22.3 Å².